The average molecular weight is 220 g/mol. The number of carbonyl (C=O) groups excluding carboxylic acids is 1. The van der Waals surface area contributed by atoms with Crippen molar-refractivity contribution < 1.29 is 9.90 Å². The van der Waals surface area contributed by atoms with Crippen LogP contribution in [0.15, 0.2) is 18.2 Å². The van der Waals surface area contributed by atoms with E-state index in [4.69, 9.17) is 0 Å². The third-order valence-corrected chi connectivity index (χ3v) is 2.06. The van der Waals surface area contributed by atoms with Gasteiger partial charge in [-0.3, -0.25) is 5.32 Å². The first-order valence-electron chi connectivity index (χ1n) is 4.93. The molecule has 0 unspecified atom stereocenters. The third-order valence-electron chi connectivity index (χ3n) is 2.06. The van der Waals surface area contributed by atoms with Gasteiger partial charge in [0.25, 0.3) is 0 Å². The highest BCUT2D eigenvalue weighted by atomic mass is 16.3. The fourth-order valence-electron chi connectivity index (χ4n) is 1.39. The predicted octanol–water partition coefficient (Wildman–Crippen LogP) is 1.41. The van der Waals surface area contributed by atoms with E-state index in [1.165, 1.54) is 0 Å². The van der Waals surface area contributed by atoms with E-state index in [0.717, 1.165) is 0 Å². The third kappa shape index (κ3) is 1.90. The fourth-order valence-corrected chi connectivity index (χ4v) is 1.39. The van der Waals surface area contributed by atoms with E-state index < -0.39 is 0 Å². The number of hydrogen-bond donors (Lipinski definition) is 4. The number of aromatic nitrogens is 2. The van der Waals surface area contributed by atoms with Crippen LogP contribution >= 0.6 is 0 Å². The van der Waals surface area contributed by atoms with E-state index in [1.807, 2.05) is 6.92 Å². The minimum Gasteiger partial charge on any atom is -0.506 e. The Kier molecular flexibility index (Phi) is 2.63. The number of hydrogen-bond acceptors (Lipinski definition) is 3. The smallest absolute Gasteiger partial charge is 0.321 e. The molecule has 0 aliphatic heterocycles. The number of rotatable bonds is 2. The second kappa shape index (κ2) is 4.09. The molecule has 2 amide bonds. The zero-order valence-electron chi connectivity index (χ0n) is 8.74. The van der Waals surface area contributed by atoms with Crippen molar-refractivity contribution in [2.75, 3.05) is 11.9 Å². The molecule has 1 aromatic carbocycles. The second-order valence-corrected chi connectivity index (χ2v) is 3.24. The lowest BCUT2D eigenvalue weighted by Gasteiger charge is -2.00. The van der Waals surface area contributed by atoms with Crippen LogP contribution in [-0.4, -0.2) is 27.7 Å². The summed E-state index contributed by atoms with van der Waals surface area (Å²) in [7, 11) is 0. The number of phenolic OH excluding ortho intramolecular Hbond substituents is 1. The molecule has 0 spiro atoms. The Labute approximate surface area is 91.7 Å². The number of carbonyl (C=O) groups is 1. The van der Waals surface area contributed by atoms with E-state index >= 15 is 0 Å². The number of phenols is 1. The van der Waals surface area contributed by atoms with E-state index in [1.54, 1.807) is 18.2 Å². The van der Waals surface area contributed by atoms with Gasteiger partial charge in [0.2, 0.25) is 5.95 Å². The zero-order chi connectivity index (χ0) is 11.5. The van der Waals surface area contributed by atoms with Crippen LogP contribution in [0.4, 0.5) is 10.7 Å². The van der Waals surface area contributed by atoms with Crippen molar-refractivity contribution in [1.29, 1.82) is 0 Å². The van der Waals surface area contributed by atoms with Crippen LogP contribution in [0, 0.1) is 0 Å². The number of urea groups is 1. The van der Waals surface area contributed by atoms with Crippen molar-refractivity contribution in [3.05, 3.63) is 18.2 Å². The molecule has 6 heteroatoms. The Hall–Kier alpha value is -2.24. The molecular weight excluding hydrogens is 208 g/mol. The van der Waals surface area contributed by atoms with Crippen LogP contribution in [0.2, 0.25) is 0 Å². The van der Waals surface area contributed by atoms with Crippen LogP contribution in [0.5, 0.6) is 5.75 Å². The van der Waals surface area contributed by atoms with Crippen LogP contribution in [-0.2, 0) is 0 Å². The van der Waals surface area contributed by atoms with E-state index in [9.17, 15) is 9.90 Å². The number of H-pyrrole nitrogens is 1. The summed E-state index contributed by atoms with van der Waals surface area (Å²) in [6.07, 6.45) is 0. The highest BCUT2D eigenvalue weighted by Gasteiger charge is 2.08. The molecule has 0 fully saturated rings. The summed E-state index contributed by atoms with van der Waals surface area (Å²) >= 11 is 0. The standard InChI is InChI=1S/C10H12N4O2/c1-2-11-10(16)14-9-12-6-4-3-5-7(15)8(6)13-9/h3-5,15H,2H2,1H3,(H3,11,12,13,14,16). The summed E-state index contributed by atoms with van der Waals surface area (Å²) < 4.78 is 0. The lowest BCUT2D eigenvalue weighted by atomic mass is 10.3. The second-order valence-electron chi connectivity index (χ2n) is 3.24. The molecule has 4 N–H and O–H groups in total. The molecule has 0 saturated heterocycles. The first kappa shape index (κ1) is 10.3. The average Bonchev–Trinajstić information content (AvgIpc) is 2.62. The Morgan fingerprint density at radius 2 is 2.38 bits per heavy atom. The number of imidazole rings is 1. The van der Waals surface area contributed by atoms with Gasteiger partial charge in [0.1, 0.15) is 11.3 Å². The molecular formula is C10H12N4O2. The van der Waals surface area contributed by atoms with E-state index in [-0.39, 0.29) is 11.8 Å². The molecule has 0 atom stereocenters. The fraction of sp³-hybridized carbons (Fsp3) is 0.200. The molecule has 0 saturated carbocycles. The summed E-state index contributed by atoms with van der Waals surface area (Å²) in [5, 5.41) is 14.6. The van der Waals surface area contributed by atoms with Crippen LogP contribution < -0.4 is 10.6 Å². The quantitative estimate of drug-likeness (QED) is 0.616. The van der Waals surface area contributed by atoms with Gasteiger partial charge in [-0.25, -0.2) is 9.78 Å². The number of amides is 2. The molecule has 0 radical (unpaired) electrons. The van der Waals surface area contributed by atoms with Gasteiger partial charge >= 0.3 is 6.03 Å². The Morgan fingerprint density at radius 1 is 1.56 bits per heavy atom. The van der Waals surface area contributed by atoms with Gasteiger partial charge in [0, 0.05) is 6.54 Å². The van der Waals surface area contributed by atoms with Crippen LogP contribution in [0.25, 0.3) is 11.0 Å². The summed E-state index contributed by atoms with van der Waals surface area (Å²) in [5.74, 6) is 0.389. The topological polar surface area (TPSA) is 90.0 Å². The first-order valence-corrected chi connectivity index (χ1v) is 4.93. The van der Waals surface area contributed by atoms with Crippen LogP contribution in [0.3, 0.4) is 0 Å². The molecule has 84 valence electrons. The molecule has 0 aliphatic carbocycles. The maximum absolute atomic E-state index is 11.2. The largest absolute Gasteiger partial charge is 0.506 e. The van der Waals surface area contributed by atoms with Crippen molar-refractivity contribution >= 4 is 23.0 Å². The highest BCUT2D eigenvalue weighted by molar-refractivity contribution is 5.90. The van der Waals surface area contributed by atoms with Crippen molar-refractivity contribution in [2.45, 2.75) is 6.92 Å². The number of nitrogens with one attached hydrogen (secondary N) is 3. The number of aromatic amines is 1. The molecule has 0 bridgehead atoms. The van der Waals surface area contributed by atoms with Gasteiger partial charge in [-0.1, -0.05) is 6.07 Å². The van der Waals surface area contributed by atoms with Crippen molar-refractivity contribution in [1.82, 2.24) is 15.3 Å². The Bertz CT molecular complexity index is 521. The summed E-state index contributed by atoms with van der Waals surface area (Å²) in [6.45, 7) is 2.36. The molecule has 1 aromatic heterocycles. The minimum absolute atomic E-state index is 0.0812. The molecule has 2 rings (SSSR count). The molecule has 16 heavy (non-hydrogen) atoms. The van der Waals surface area contributed by atoms with Gasteiger partial charge in [0.05, 0.1) is 5.52 Å². The van der Waals surface area contributed by atoms with Gasteiger partial charge in [-0.2, -0.15) is 0 Å². The van der Waals surface area contributed by atoms with E-state index in [2.05, 4.69) is 20.6 Å². The van der Waals surface area contributed by atoms with Gasteiger partial charge in [0.15, 0.2) is 0 Å². The molecule has 6 nitrogen and oxygen atoms in total. The Morgan fingerprint density at radius 3 is 3.06 bits per heavy atom. The number of benzene rings is 1. The van der Waals surface area contributed by atoms with Crippen LogP contribution in [0.1, 0.15) is 6.92 Å². The number of nitrogens with zero attached hydrogens (tertiary/aromatic N) is 1. The Balaban J connectivity index is 2.26. The summed E-state index contributed by atoms with van der Waals surface area (Å²) in [6, 6.07) is 4.68. The normalized spacial score (nSPS) is 10.3. The number of para-hydroxylation sites is 1. The first-order chi connectivity index (χ1) is 7.70. The number of fused-ring (bicyclic) bond motifs is 1. The highest BCUT2D eigenvalue weighted by Crippen LogP contribution is 2.23. The van der Waals surface area contributed by atoms with Crippen molar-refractivity contribution in [2.24, 2.45) is 0 Å². The van der Waals surface area contributed by atoms with Gasteiger partial charge in [-0.15, -0.1) is 0 Å². The van der Waals surface area contributed by atoms with Crippen molar-refractivity contribution in [3.63, 3.8) is 0 Å². The minimum atomic E-state index is -0.332. The zero-order valence-corrected chi connectivity index (χ0v) is 8.74. The summed E-state index contributed by atoms with van der Waals surface area (Å²) in [4.78, 5) is 18.2. The van der Waals surface area contributed by atoms with Gasteiger partial charge < -0.3 is 15.4 Å². The van der Waals surface area contributed by atoms with E-state index in [0.29, 0.717) is 23.5 Å². The maximum Gasteiger partial charge on any atom is 0.321 e. The maximum atomic E-state index is 11.2. The summed E-state index contributed by atoms with van der Waals surface area (Å²) in [5.41, 5.74) is 1.11. The lowest BCUT2D eigenvalue weighted by Crippen LogP contribution is -2.28. The predicted molar refractivity (Wildman–Crippen MR) is 60.5 cm³/mol. The monoisotopic (exact) mass is 220 g/mol. The SMILES string of the molecule is CCNC(=O)Nc1nc2c(O)cccc2[nH]1. The molecule has 1 heterocycles. The lowest BCUT2D eigenvalue weighted by molar-refractivity contribution is 0.252. The number of aromatic hydroxyl groups is 1. The van der Waals surface area contributed by atoms with Gasteiger partial charge in [-0.05, 0) is 19.1 Å². The van der Waals surface area contributed by atoms with Crippen molar-refractivity contribution in [3.8, 4) is 5.75 Å². The number of anilines is 1. The molecule has 0 aliphatic rings. The molecule has 2 aromatic rings.